The van der Waals surface area contributed by atoms with Gasteiger partial charge in [-0.3, -0.25) is 14.7 Å². The molecule has 196 valence electrons. The van der Waals surface area contributed by atoms with Crippen LogP contribution in [0.15, 0.2) is 48.7 Å². The van der Waals surface area contributed by atoms with Crippen LogP contribution in [0.25, 0.3) is 11.1 Å². The summed E-state index contributed by atoms with van der Waals surface area (Å²) >= 11 is 6.00. The number of nitrogens with one attached hydrogen (secondary N) is 3. The highest BCUT2D eigenvalue weighted by atomic mass is 35.5. The first-order chi connectivity index (χ1) is 17.5. The van der Waals surface area contributed by atoms with E-state index >= 15 is 0 Å². The number of amides is 2. The van der Waals surface area contributed by atoms with Crippen LogP contribution in [0.4, 0.5) is 4.39 Å². The van der Waals surface area contributed by atoms with Crippen LogP contribution in [-0.2, 0) is 16.0 Å². The van der Waals surface area contributed by atoms with Crippen molar-refractivity contribution < 1.29 is 23.9 Å². The summed E-state index contributed by atoms with van der Waals surface area (Å²) in [6.07, 6.45) is 1.34. The molecule has 6 N–H and O–H groups in total. The zero-order chi connectivity index (χ0) is 27.1. The van der Waals surface area contributed by atoms with E-state index in [-0.39, 0.29) is 24.5 Å². The van der Waals surface area contributed by atoms with Crippen LogP contribution in [0.1, 0.15) is 36.3 Å². The van der Waals surface area contributed by atoms with Crippen molar-refractivity contribution >= 4 is 29.4 Å². The third-order valence-electron chi connectivity index (χ3n) is 5.83. The topological polar surface area (TPSA) is 163 Å². The van der Waals surface area contributed by atoms with Crippen LogP contribution >= 0.6 is 11.6 Å². The molecule has 0 spiro atoms. The Kier molecular flexibility index (Phi) is 9.31. The minimum atomic E-state index is -1.30. The predicted octanol–water partition coefficient (Wildman–Crippen LogP) is 2.55. The van der Waals surface area contributed by atoms with Crippen molar-refractivity contribution in [3.05, 3.63) is 70.8 Å². The molecule has 1 aromatic heterocycles. The lowest BCUT2D eigenvalue weighted by atomic mass is 9.96. The van der Waals surface area contributed by atoms with Gasteiger partial charge in [-0.25, -0.2) is 9.18 Å². The lowest BCUT2D eigenvalue weighted by molar-refractivity contribution is -0.142. The summed E-state index contributed by atoms with van der Waals surface area (Å²) in [5.41, 5.74) is 7.64. The Hall–Kier alpha value is -3.83. The maximum atomic E-state index is 14.3. The van der Waals surface area contributed by atoms with Crippen LogP contribution < -0.4 is 16.4 Å². The maximum absolute atomic E-state index is 14.3. The van der Waals surface area contributed by atoms with Gasteiger partial charge in [-0.2, -0.15) is 0 Å². The first-order valence-corrected chi connectivity index (χ1v) is 11.9. The number of rotatable bonds is 11. The molecule has 0 aliphatic rings. The van der Waals surface area contributed by atoms with E-state index in [0.717, 1.165) is 5.56 Å². The highest BCUT2D eigenvalue weighted by Gasteiger charge is 2.29. The van der Waals surface area contributed by atoms with Crippen LogP contribution in [0, 0.1) is 11.7 Å². The number of carboxylic acid groups (broad SMARTS) is 1. The lowest BCUT2D eigenvalue weighted by Crippen LogP contribution is -2.52. The fourth-order valence-corrected chi connectivity index (χ4v) is 3.84. The SMILES string of the molecule is CC(C)[C@H](N)C(=O)N[C@H](C[C@@H](Cc1ccc(-c2cc(Cl)ccc2F)cc1)NC(=O)c1cnn[nH]1)C(=O)O. The Morgan fingerprint density at radius 3 is 2.43 bits per heavy atom. The number of H-pyrrole nitrogens is 1. The van der Waals surface area contributed by atoms with Crippen molar-refractivity contribution in [3.63, 3.8) is 0 Å². The highest BCUT2D eigenvalue weighted by Crippen LogP contribution is 2.26. The smallest absolute Gasteiger partial charge is 0.326 e. The summed E-state index contributed by atoms with van der Waals surface area (Å²) in [4.78, 5) is 37.0. The molecular weight excluding hydrogens is 503 g/mol. The number of aromatic amines is 1. The standard InChI is InChI=1S/C25H28ClFN6O4/c1-13(2)22(28)24(35)31-20(25(36)37)11-17(30-23(34)21-12-29-33-32-21)9-14-3-5-15(6-4-14)18-10-16(26)7-8-19(18)27/h3-8,10,12-13,17,20,22H,9,11,28H2,1-2H3,(H,30,34)(H,31,35)(H,36,37)(H,29,32,33)/t17-,20-,22+/m1/s1. The Bertz CT molecular complexity index is 1240. The summed E-state index contributed by atoms with van der Waals surface area (Å²) in [6.45, 7) is 3.50. The van der Waals surface area contributed by atoms with Gasteiger partial charge in [0, 0.05) is 16.6 Å². The fraction of sp³-hybridized carbons (Fsp3) is 0.320. The van der Waals surface area contributed by atoms with E-state index in [1.54, 1.807) is 38.1 Å². The quantitative estimate of drug-likeness (QED) is 0.254. The van der Waals surface area contributed by atoms with Gasteiger partial charge >= 0.3 is 5.97 Å². The second kappa shape index (κ2) is 12.4. The molecule has 0 fully saturated rings. The zero-order valence-corrected chi connectivity index (χ0v) is 21.0. The van der Waals surface area contributed by atoms with Gasteiger partial charge in [0.05, 0.1) is 12.2 Å². The number of aromatic nitrogens is 3. The highest BCUT2D eigenvalue weighted by molar-refractivity contribution is 6.30. The van der Waals surface area contributed by atoms with Crippen LogP contribution in [0.3, 0.4) is 0 Å². The van der Waals surface area contributed by atoms with E-state index in [0.29, 0.717) is 16.1 Å². The van der Waals surface area contributed by atoms with E-state index in [1.807, 2.05) is 0 Å². The van der Waals surface area contributed by atoms with Crippen molar-refractivity contribution in [1.82, 2.24) is 26.0 Å². The molecule has 12 heteroatoms. The van der Waals surface area contributed by atoms with E-state index in [4.69, 9.17) is 17.3 Å². The molecular formula is C25H28ClFN6O4. The monoisotopic (exact) mass is 530 g/mol. The first-order valence-electron chi connectivity index (χ1n) is 11.5. The molecule has 3 rings (SSSR count). The number of carbonyl (C=O) groups is 3. The third kappa shape index (κ3) is 7.58. The maximum Gasteiger partial charge on any atom is 0.326 e. The van der Waals surface area contributed by atoms with Crippen LogP contribution in [0.2, 0.25) is 5.02 Å². The Balaban J connectivity index is 1.81. The Morgan fingerprint density at radius 1 is 1.14 bits per heavy atom. The van der Waals surface area contributed by atoms with Crippen molar-refractivity contribution in [1.29, 1.82) is 0 Å². The number of hydrogen-bond donors (Lipinski definition) is 5. The van der Waals surface area contributed by atoms with Gasteiger partial charge in [-0.15, -0.1) is 5.10 Å². The minimum Gasteiger partial charge on any atom is -0.480 e. The number of nitrogens with two attached hydrogens (primary N) is 1. The Labute approximate surface area is 217 Å². The molecule has 1 heterocycles. The van der Waals surface area contributed by atoms with E-state index in [1.165, 1.54) is 24.4 Å². The van der Waals surface area contributed by atoms with Gasteiger partial charge in [0.25, 0.3) is 5.91 Å². The second-order valence-corrected chi connectivity index (χ2v) is 9.41. The normalized spacial score (nSPS) is 13.6. The van der Waals surface area contributed by atoms with E-state index in [9.17, 15) is 23.9 Å². The zero-order valence-electron chi connectivity index (χ0n) is 20.2. The van der Waals surface area contributed by atoms with Gasteiger partial charge in [0.15, 0.2) is 0 Å². The van der Waals surface area contributed by atoms with Crippen LogP contribution in [0.5, 0.6) is 0 Å². The first kappa shape index (κ1) is 27.8. The van der Waals surface area contributed by atoms with Gasteiger partial charge in [0.2, 0.25) is 5.91 Å². The number of nitrogens with zero attached hydrogens (tertiary/aromatic N) is 2. The third-order valence-corrected chi connectivity index (χ3v) is 6.06. The summed E-state index contributed by atoms with van der Waals surface area (Å²) in [5, 5.41) is 24.9. The molecule has 0 aliphatic carbocycles. The molecule has 2 aromatic carbocycles. The largest absolute Gasteiger partial charge is 0.480 e. The summed E-state index contributed by atoms with van der Waals surface area (Å²) in [7, 11) is 0. The fourth-order valence-electron chi connectivity index (χ4n) is 3.66. The van der Waals surface area contributed by atoms with Gasteiger partial charge in [-0.05, 0) is 48.1 Å². The lowest BCUT2D eigenvalue weighted by Gasteiger charge is -2.25. The van der Waals surface area contributed by atoms with Crippen molar-refractivity contribution in [3.8, 4) is 11.1 Å². The van der Waals surface area contributed by atoms with Crippen molar-refractivity contribution in [2.45, 2.75) is 44.8 Å². The molecule has 2 amide bonds. The number of benzene rings is 2. The number of carbonyl (C=O) groups excluding carboxylic acids is 2. The van der Waals surface area contributed by atoms with E-state index < -0.39 is 41.7 Å². The molecule has 37 heavy (non-hydrogen) atoms. The molecule has 3 aromatic rings. The molecule has 0 bridgehead atoms. The van der Waals surface area contributed by atoms with E-state index in [2.05, 4.69) is 26.0 Å². The molecule has 0 saturated heterocycles. The number of halogens is 2. The second-order valence-electron chi connectivity index (χ2n) is 8.97. The molecule has 0 unspecified atom stereocenters. The van der Waals surface area contributed by atoms with Crippen LogP contribution in [-0.4, -0.2) is 56.4 Å². The van der Waals surface area contributed by atoms with Crippen molar-refractivity contribution in [2.75, 3.05) is 0 Å². The summed E-state index contributed by atoms with van der Waals surface area (Å²) < 4.78 is 14.3. The average Bonchev–Trinajstić information content (AvgIpc) is 3.40. The molecule has 0 radical (unpaired) electrons. The van der Waals surface area contributed by atoms with Gasteiger partial charge in [0.1, 0.15) is 17.6 Å². The van der Waals surface area contributed by atoms with Gasteiger partial charge < -0.3 is 21.5 Å². The number of hydrogen-bond acceptors (Lipinski definition) is 6. The summed E-state index contributed by atoms with van der Waals surface area (Å²) in [5.74, 6) is -3.02. The average molecular weight is 531 g/mol. The molecule has 0 saturated carbocycles. The molecule has 0 aliphatic heterocycles. The Morgan fingerprint density at radius 2 is 1.84 bits per heavy atom. The van der Waals surface area contributed by atoms with Crippen molar-refractivity contribution in [2.24, 2.45) is 11.7 Å². The molecule has 10 nitrogen and oxygen atoms in total. The van der Waals surface area contributed by atoms with Gasteiger partial charge in [-0.1, -0.05) is 54.9 Å². The minimum absolute atomic E-state index is 0.0921. The predicted molar refractivity (Wildman–Crippen MR) is 135 cm³/mol. The molecule has 3 atom stereocenters. The number of carboxylic acids is 1. The number of aliphatic carboxylic acids is 1. The summed E-state index contributed by atoms with van der Waals surface area (Å²) in [6, 6.07) is 8.28.